The number of nitrogens with zero attached hydrogens (tertiary/aromatic N) is 4. The van der Waals surface area contributed by atoms with Crippen LogP contribution in [-0.2, 0) is 27.2 Å². The normalized spacial score (nSPS) is 16.4. The van der Waals surface area contributed by atoms with Gasteiger partial charge in [-0.3, -0.25) is 23.7 Å². The van der Waals surface area contributed by atoms with Crippen molar-refractivity contribution in [3.8, 4) is 0 Å². The molecule has 0 saturated carbocycles. The Balaban J connectivity index is 1.60. The molecule has 2 heterocycles. The van der Waals surface area contributed by atoms with E-state index in [1.165, 1.54) is 12.6 Å². The van der Waals surface area contributed by atoms with E-state index in [4.69, 9.17) is 0 Å². The van der Waals surface area contributed by atoms with Crippen LogP contribution in [-0.4, -0.2) is 45.1 Å². The fourth-order valence-corrected chi connectivity index (χ4v) is 3.11. The number of piperazine rings is 1. The van der Waals surface area contributed by atoms with Gasteiger partial charge in [0.25, 0.3) is 5.56 Å². The van der Waals surface area contributed by atoms with E-state index in [1.807, 2.05) is 6.07 Å². The lowest BCUT2D eigenvalue weighted by Gasteiger charge is -2.34. The predicted octanol–water partition coefficient (Wildman–Crippen LogP) is 0.402. The van der Waals surface area contributed by atoms with E-state index in [0.29, 0.717) is 6.54 Å². The summed E-state index contributed by atoms with van der Waals surface area (Å²) in [7, 11) is 3.24. The van der Waals surface area contributed by atoms with Crippen molar-refractivity contribution in [2.45, 2.75) is 13.1 Å². The van der Waals surface area contributed by atoms with Crippen LogP contribution in [0.1, 0.15) is 11.3 Å². The van der Waals surface area contributed by atoms with Crippen molar-refractivity contribution < 1.29 is 0 Å². The van der Waals surface area contributed by atoms with Crippen molar-refractivity contribution in [2.24, 2.45) is 14.1 Å². The molecule has 0 aliphatic carbocycles. The molecule has 0 N–H and O–H groups in total. The summed E-state index contributed by atoms with van der Waals surface area (Å²) >= 11 is 0. The van der Waals surface area contributed by atoms with Crippen LogP contribution in [0.25, 0.3) is 0 Å². The van der Waals surface area contributed by atoms with Crippen molar-refractivity contribution in [1.29, 1.82) is 0 Å². The van der Waals surface area contributed by atoms with Gasteiger partial charge >= 0.3 is 5.69 Å². The lowest BCUT2D eigenvalue weighted by atomic mass is 10.2. The first-order valence-electron chi connectivity index (χ1n) is 8.29. The van der Waals surface area contributed by atoms with Crippen LogP contribution in [0.4, 0.5) is 0 Å². The molecule has 0 spiro atoms. The molecule has 1 aliphatic rings. The summed E-state index contributed by atoms with van der Waals surface area (Å²) in [6.07, 6.45) is 0. The van der Waals surface area contributed by atoms with Gasteiger partial charge in [0.2, 0.25) is 0 Å². The molecule has 0 amide bonds. The Labute approximate surface area is 141 Å². The number of benzene rings is 1. The fraction of sp³-hybridized carbons (Fsp3) is 0.444. The molecule has 2 aromatic rings. The van der Waals surface area contributed by atoms with Crippen LogP contribution in [0.15, 0.2) is 46.0 Å². The Morgan fingerprint density at radius 1 is 0.833 bits per heavy atom. The summed E-state index contributed by atoms with van der Waals surface area (Å²) in [5, 5.41) is 0. The molecular weight excluding hydrogens is 304 g/mol. The van der Waals surface area contributed by atoms with Crippen LogP contribution >= 0.6 is 0 Å². The molecule has 0 atom stereocenters. The van der Waals surface area contributed by atoms with E-state index < -0.39 is 0 Å². The average Bonchev–Trinajstić information content (AvgIpc) is 2.60. The SMILES string of the molecule is Cn1c(CN2CCN(Cc3ccccc3)CC2)cc(=O)n(C)c1=O. The maximum absolute atomic E-state index is 12.0. The summed E-state index contributed by atoms with van der Waals surface area (Å²) in [5.74, 6) is 0. The Morgan fingerprint density at radius 3 is 2.04 bits per heavy atom. The van der Waals surface area contributed by atoms with E-state index in [9.17, 15) is 9.59 Å². The second-order valence-corrected chi connectivity index (χ2v) is 6.41. The molecule has 0 unspecified atom stereocenters. The van der Waals surface area contributed by atoms with Crippen molar-refractivity contribution in [3.63, 3.8) is 0 Å². The highest BCUT2D eigenvalue weighted by molar-refractivity contribution is 5.14. The molecule has 1 aromatic heterocycles. The van der Waals surface area contributed by atoms with Gasteiger partial charge in [-0.05, 0) is 5.56 Å². The van der Waals surface area contributed by atoms with Crippen LogP contribution in [0.2, 0.25) is 0 Å². The standard InChI is InChI=1S/C18H24N4O2/c1-19-16(12-17(23)20(2)18(19)24)14-22-10-8-21(9-11-22)13-15-6-4-3-5-7-15/h3-7,12H,8-11,13-14H2,1-2H3. The third-order valence-corrected chi connectivity index (χ3v) is 4.72. The fourth-order valence-electron chi connectivity index (χ4n) is 3.11. The smallest absolute Gasteiger partial charge is 0.299 e. The van der Waals surface area contributed by atoms with Gasteiger partial charge in [-0.2, -0.15) is 0 Å². The molecule has 1 fully saturated rings. The zero-order chi connectivity index (χ0) is 17.1. The third-order valence-electron chi connectivity index (χ3n) is 4.72. The Kier molecular flexibility index (Phi) is 4.97. The van der Waals surface area contributed by atoms with E-state index in [2.05, 4.69) is 34.1 Å². The first kappa shape index (κ1) is 16.7. The van der Waals surface area contributed by atoms with Crippen LogP contribution in [0, 0.1) is 0 Å². The van der Waals surface area contributed by atoms with Crippen molar-refractivity contribution >= 4 is 0 Å². The summed E-state index contributed by atoms with van der Waals surface area (Å²) in [6, 6.07) is 12.1. The number of aromatic nitrogens is 2. The van der Waals surface area contributed by atoms with Crippen LogP contribution in [0.5, 0.6) is 0 Å². The molecule has 24 heavy (non-hydrogen) atoms. The minimum atomic E-state index is -0.264. The molecule has 0 bridgehead atoms. The maximum atomic E-state index is 12.0. The average molecular weight is 328 g/mol. The van der Waals surface area contributed by atoms with Crippen LogP contribution < -0.4 is 11.2 Å². The Morgan fingerprint density at radius 2 is 1.42 bits per heavy atom. The topological polar surface area (TPSA) is 50.5 Å². The predicted molar refractivity (Wildman–Crippen MR) is 93.9 cm³/mol. The zero-order valence-corrected chi connectivity index (χ0v) is 14.3. The Bertz CT molecular complexity index is 802. The van der Waals surface area contributed by atoms with E-state index in [-0.39, 0.29) is 11.2 Å². The number of hydrogen-bond donors (Lipinski definition) is 0. The molecule has 6 heteroatoms. The molecule has 128 valence electrons. The lowest BCUT2D eigenvalue weighted by molar-refractivity contribution is 0.120. The molecule has 6 nitrogen and oxygen atoms in total. The van der Waals surface area contributed by atoms with Gasteiger partial charge in [-0.15, -0.1) is 0 Å². The quantitative estimate of drug-likeness (QED) is 0.815. The first-order chi connectivity index (χ1) is 11.5. The largest absolute Gasteiger partial charge is 0.330 e. The molecule has 1 aromatic carbocycles. The van der Waals surface area contributed by atoms with Gasteiger partial charge < -0.3 is 0 Å². The van der Waals surface area contributed by atoms with Crippen LogP contribution in [0.3, 0.4) is 0 Å². The van der Waals surface area contributed by atoms with Gasteiger partial charge in [0, 0.05) is 65.1 Å². The second kappa shape index (κ2) is 7.15. The van der Waals surface area contributed by atoms with Gasteiger partial charge in [0.05, 0.1) is 0 Å². The van der Waals surface area contributed by atoms with Crippen molar-refractivity contribution in [3.05, 3.63) is 68.5 Å². The summed E-state index contributed by atoms with van der Waals surface area (Å²) in [5.41, 5.74) is 1.61. The van der Waals surface area contributed by atoms with Gasteiger partial charge in [-0.25, -0.2) is 4.79 Å². The highest BCUT2D eigenvalue weighted by Gasteiger charge is 2.18. The molecule has 0 radical (unpaired) electrons. The first-order valence-corrected chi connectivity index (χ1v) is 8.29. The van der Waals surface area contributed by atoms with Gasteiger partial charge in [-0.1, -0.05) is 30.3 Å². The van der Waals surface area contributed by atoms with E-state index >= 15 is 0 Å². The number of hydrogen-bond acceptors (Lipinski definition) is 4. The molecular formula is C18H24N4O2. The monoisotopic (exact) mass is 328 g/mol. The highest BCUT2D eigenvalue weighted by Crippen LogP contribution is 2.10. The molecule has 1 saturated heterocycles. The zero-order valence-electron chi connectivity index (χ0n) is 14.3. The van der Waals surface area contributed by atoms with Crippen molar-refractivity contribution in [1.82, 2.24) is 18.9 Å². The van der Waals surface area contributed by atoms with Crippen molar-refractivity contribution in [2.75, 3.05) is 26.2 Å². The van der Waals surface area contributed by atoms with Gasteiger partial charge in [0.1, 0.15) is 0 Å². The summed E-state index contributed by atoms with van der Waals surface area (Å²) < 4.78 is 2.71. The molecule has 3 rings (SSSR count). The molecule has 1 aliphatic heterocycles. The second-order valence-electron chi connectivity index (χ2n) is 6.41. The Hall–Kier alpha value is -2.18. The maximum Gasteiger partial charge on any atom is 0.330 e. The van der Waals surface area contributed by atoms with Gasteiger partial charge in [0.15, 0.2) is 0 Å². The summed E-state index contributed by atoms with van der Waals surface area (Å²) in [6.45, 7) is 5.48. The highest BCUT2D eigenvalue weighted by atomic mass is 16.2. The third kappa shape index (κ3) is 3.66. The minimum absolute atomic E-state index is 0.240. The lowest BCUT2D eigenvalue weighted by Crippen LogP contribution is -2.46. The minimum Gasteiger partial charge on any atom is -0.299 e. The summed E-state index contributed by atoms with van der Waals surface area (Å²) in [4.78, 5) is 28.6. The number of rotatable bonds is 4. The van der Waals surface area contributed by atoms with E-state index in [0.717, 1.165) is 43.0 Å². The van der Waals surface area contributed by atoms with E-state index in [1.54, 1.807) is 17.7 Å².